The molecular weight excluding hydrogens is 400 g/mol. The Morgan fingerprint density at radius 3 is 2.72 bits per heavy atom. The van der Waals surface area contributed by atoms with Crippen LogP contribution in [0.3, 0.4) is 0 Å². The third-order valence-electron chi connectivity index (χ3n) is 6.45. The predicted octanol–water partition coefficient (Wildman–Crippen LogP) is 3.96. The molecule has 0 atom stereocenters. The first kappa shape index (κ1) is 22.4. The van der Waals surface area contributed by atoms with Gasteiger partial charge in [0.1, 0.15) is 12.0 Å². The number of hydrogen-bond donors (Lipinski definition) is 2. The summed E-state index contributed by atoms with van der Waals surface area (Å²) in [6, 6.07) is 1.77. The van der Waals surface area contributed by atoms with Gasteiger partial charge in [-0.1, -0.05) is 20.3 Å². The molecule has 2 aliphatic rings. The summed E-state index contributed by atoms with van der Waals surface area (Å²) in [7, 11) is 0. The third-order valence-corrected chi connectivity index (χ3v) is 6.45. The fourth-order valence-corrected chi connectivity index (χ4v) is 4.86. The van der Waals surface area contributed by atoms with E-state index in [0.717, 1.165) is 12.1 Å². The number of carbonyl (C=O) groups excluding carboxylic acids is 1. The molecule has 0 aromatic carbocycles. The van der Waals surface area contributed by atoms with Crippen molar-refractivity contribution >= 4 is 17.7 Å². The second kappa shape index (κ2) is 10.2. The summed E-state index contributed by atoms with van der Waals surface area (Å²) >= 11 is 0. The van der Waals surface area contributed by atoms with E-state index >= 15 is 0 Å². The minimum absolute atomic E-state index is 0.205. The van der Waals surface area contributed by atoms with E-state index in [2.05, 4.69) is 51.2 Å². The largest absolute Gasteiger partial charge is 0.359 e. The van der Waals surface area contributed by atoms with Crippen LogP contribution < -0.4 is 5.43 Å². The number of hydrazone groups is 1. The molecule has 0 aliphatic carbocycles. The van der Waals surface area contributed by atoms with Crippen LogP contribution in [0, 0.1) is 6.92 Å². The number of amides is 1. The standard InChI is InChI=1S/C25H34N6O/c1-17(2)23-19(9-5-8-14-31-12-6-4-7-13-31)18(3)28-22(23)15-20-24(29-30-25(20)32)21-10-11-26-16-27-21/h10-11,15-17,28H,4-9,12-14H2,1-3H3,(H,30,32). The Kier molecular flexibility index (Phi) is 7.15. The molecule has 1 saturated heterocycles. The summed E-state index contributed by atoms with van der Waals surface area (Å²) in [5, 5.41) is 4.21. The number of aromatic amines is 1. The minimum atomic E-state index is -0.205. The Hall–Kier alpha value is -2.80. The number of hydrogen-bond acceptors (Lipinski definition) is 5. The zero-order valence-electron chi connectivity index (χ0n) is 19.4. The molecule has 2 aromatic heterocycles. The first-order chi connectivity index (χ1) is 15.5. The Bertz CT molecular complexity index is 999. The number of nitrogens with one attached hydrogen (secondary N) is 2. The maximum absolute atomic E-state index is 12.5. The molecule has 7 heteroatoms. The van der Waals surface area contributed by atoms with Crippen molar-refractivity contribution in [3.05, 3.63) is 52.4 Å². The van der Waals surface area contributed by atoms with Crippen LogP contribution in [0.2, 0.25) is 0 Å². The summed E-state index contributed by atoms with van der Waals surface area (Å²) in [5.74, 6) is 0.149. The summed E-state index contributed by atoms with van der Waals surface area (Å²) < 4.78 is 0. The molecule has 0 saturated carbocycles. The second-order valence-corrected chi connectivity index (χ2v) is 9.12. The molecule has 0 spiro atoms. The lowest BCUT2D eigenvalue weighted by Crippen LogP contribution is -2.30. The highest BCUT2D eigenvalue weighted by atomic mass is 16.2. The average molecular weight is 435 g/mol. The number of likely N-dealkylation sites (tertiary alicyclic amines) is 1. The maximum Gasteiger partial charge on any atom is 0.273 e. The van der Waals surface area contributed by atoms with Crippen LogP contribution in [0.4, 0.5) is 0 Å². The van der Waals surface area contributed by atoms with Crippen molar-refractivity contribution in [2.75, 3.05) is 19.6 Å². The molecular formula is C25H34N6O. The van der Waals surface area contributed by atoms with E-state index in [1.807, 2.05) is 6.08 Å². The molecule has 2 aliphatic heterocycles. The number of H-pyrrole nitrogens is 1. The van der Waals surface area contributed by atoms with E-state index in [-0.39, 0.29) is 5.91 Å². The molecule has 4 heterocycles. The quantitative estimate of drug-likeness (QED) is 0.486. The molecule has 0 unspecified atom stereocenters. The Morgan fingerprint density at radius 2 is 2.00 bits per heavy atom. The number of unbranched alkanes of at least 4 members (excludes halogenated alkanes) is 1. The smallest absolute Gasteiger partial charge is 0.273 e. The summed E-state index contributed by atoms with van der Waals surface area (Å²) in [5.41, 5.74) is 9.19. The lowest BCUT2D eigenvalue weighted by molar-refractivity contribution is -0.116. The first-order valence-electron chi connectivity index (χ1n) is 11.8. The molecule has 7 nitrogen and oxygen atoms in total. The van der Waals surface area contributed by atoms with Crippen molar-refractivity contribution in [2.24, 2.45) is 5.10 Å². The molecule has 2 N–H and O–H groups in total. The normalized spacial score (nSPS) is 18.4. The van der Waals surface area contributed by atoms with Gasteiger partial charge in [-0.3, -0.25) is 4.79 Å². The molecule has 170 valence electrons. The van der Waals surface area contributed by atoms with Gasteiger partial charge in [0.2, 0.25) is 0 Å². The van der Waals surface area contributed by atoms with E-state index in [1.165, 1.54) is 74.9 Å². The third kappa shape index (κ3) is 4.99. The van der Waals surface area contributed by atoms with Crippen LogP contribution in [-0.2, 0) is 11.2 Å². The summed E-state index contributed by atoms with van der Waals surface area (Å²) in [6.07, 6.45) is 12.6. The molecule has 4 rings (SSSR count). The lowest BCUT2D eigenvalue weighted by atomic mass is 9.93. The molecule has 2 aromatic rings. The summed E-state index contributed by atoms with van der Waals surface area (Å²) in [6.45, 7) is 10.3. The predicted molar refractivity (Wildman–Crippen MR) is 128 cm³/mol. The van der Waals surface area contributed by atoms with Crippen LogP contribution >= 0.6 is 0 Å². The lowest BCUT2D eigenvalue weighted by Gasteiger charge is -2.26. The highest BCUT2D eigenvalue weighted by Gasteiger charge is 2.26. The molecule has 32 heavy (non-hydrogen) atoms. The maximum atomic E-state index is 12.5. The Morgan fingerprint density at radius 1 is 1.19 bits per heavy atom. The van der Waals surface area contributed by atoms with Gasteiger partial charge < -0.3 is 9.88 Å². The van der Waals surface area contributed by atoms with Gasteiger partial charge in [-0.05, 0) is 87.8 Å². The van der Waals surface area contributed by atoms with Gasteiger partial charge in [0, 0.05) is 17.6 Å². The molecule has 1 fully saturated rings. The van der Waals surface area contributed by atoms with Crippen LogP contribution in [0.25, 0.3) is 6.08 Å². The molecule has 0 radical (unpaired) electrons. The van der Waals surface area contributed by atoms with Crippen molar-refractivity contribution < 1.29 is 4.79 Å². The minimum Gasteiger partial charge on any atom is -0.359 e. The van der Waals surface area contributed by atoms with E-state index in [9.17, 15) is 4.79 Å². The van der Waals surface area contributed by atoms with Crippen molar-refractivity contribution in [3.63, 3.8) is 0 Å². The number of aryl methyl sites for hydroxylation is 1. The zero-order valence-corrected chi connectivity index (χ0v) is 19.4. The Balaban J connectivity index is 1.53. The van der Waals surface area contributed by atoms with Gasteiger partial charge in [-0.25, -0.2) is 15.4 Å². The highest BCUT2D eigenvalue weighted by Crippen LogP contribution is 2.30. The van der Waals surface area contributed by atoms with Crippen molar-refractivity contribution in [2.45, 2.75) is 65.2 Å². The van der Waals surface area contributed by atoms with Gasteiger partial charge in [0.15, 0.2) is 0 Å². The van der Waals surface area contributed by atoms with Gasteiger partial charge in [-0.2, -0.15) is 5.10 Å². The van der Waals surface area contributed by atoms with Gasteiger partial charge in [0.05, 0.1) is 11.3 Å². The van der Waals surface area contributed by atoms with Crippen LogP contribution in [0.1, 0.15) is 80.1 Å². The van der Waals surface area contributed by atoms with Gasteiger partial charge in [0.25, 0.3) is 5.91 Å². The fraction of sp³-hybridized carbons (Fsp3) is 0.520. The molecule has 0 bridgehead atoms. The topological polar surface area (TPSA) is 86.3 Å². The SMILES string of the molecule is Cc1[nH]c(C=C2C(=O)NN=C2c2ccncn2)c(C(C)C)c1CCCCN1CCCCC1. The average Bonchev–Trinajstić information content (AvgIpc) is 3.32. The van der Waals surface area contributed by atoms with Gasteiger partial charge in [-0.15, -0.1) is 0 Å². The molecule has 1 amide bonds. The monoisotopic (exact) mass is 434 g/mol. The van der Waals surface area contributed by atoms with Crippen molar-refractivity contribution in [1.29, 1.82) is 0 Å². The van der Waals surface area contributed by atoms with E-state index in [1.54, 1.807) is 12.3 Å². The Labute approximate surface area is 190 Å². The van der Waals surface area contributed by atoms with Gasteiger partial charge >= 0.3 is 0 Å². The highest BCUT2D eigenvalue weighted by molar-refractivity contribution is 6.32. The van der Waals surface area contributed by atoms with Crippen LogP contribution in [0.15, 0.2) is 29.3 Å². The number of nitrogens with zero attached hydrogens (tertiary/aromatic N) is 4. The van der Waals surface area contributed by atoms with E-state index in [0.29, 0.717) is 22.9 Å². The first-order valence-corrected chi connectivity index (χ1v) is 11.8. The van der Waals surface area contributed by atoms with Crippen molar-refractivity contribution in [3.8, 4) is 0 Å². The summed E-state index contributed by atoms with van der Waals surface area (Å²) in [4.78, 5) is 26.9. The fourth-order valence-electron chi connectivity index (χ4n) is 4.86. The van der Waals surface area contributed by atoms with Crippen molar-refractivity contribution in [1.82, 2.24) is 25.3 Å². The zero-order chi connectivity index (χ0) is 22.5. The van der Waals surface area contributed by atoms with E-state index in [4.69, 9.17) is 0 Å². The van der Waals surface area contributed by atoms with E-state index < -0.39 is 0 Å². The number of piperidine rings is 1. The van der Waals surface area contributed by atoms with Crippen LogP contribution in [-0.4, -0.2) is 51.1 Å². The number of aromatic nitrogens is 3. The second-order valence-electron chi connectivity index (χ2n) is 9.12. The number of carbonyl (C=O) groups is 1. The number of rotatable bonds is 8. The van der Waals surface area contributed by atoms with Crippen LogP contribution in [0.5, 0.6) is 0 Å².